The minimum Gasteiger partial charge on any atom is -0.255 e. The molecule has 0 aromatic carbocycles. The van der Waals surface area contributed by atoms with Crippen LogP contribution in [0.5, 0.6) is 0 Å². The molecule has 66 valence electrons. The smallest absolute Gasteiger partial charge is 0.177 e. The molecule has 0 radical (unpaired) electrons. The van der Waals surface area contributed by atoms with Crippen molar-refractivity contribution in [3.05, 3.63) is 30.4 Å². The van der Waals surface area contributed by atoms with Crippen molar-refractivity contribution in [2.45, 2.75) is 5.92 Å². The zero-order valence-corrected chi connectivity index (χ0v) is 7.12. The van der Waals surface area contributed by atoms with Crippen LogP contribution in [0.2, 0.25) is 0 Å². The first kappa shape index (κ1) is 8.21. The minimum atomic E-state index is -0.838. The Balaban J connectivity index is 2.69. The molecular weight excluding hydrogens is 178 g/mol. The highest BCUT2D eigenvalue weighted by Crippen LogP contribution is 2.16. The summed E-state index contributed by atoms with van der Waals surface area (Å²) in [5.74, 6) is -0.838. The van der Waals surface area contributed by atoms with E-state index in [4.69, 9.17) is 10.5 Å². The second kappa shape index (κ2) is 3.15. The van der Waals surface area contributed by atoms with Crippen LogP contribution in [0.25, 0.3) is 5.52 Å². The summed E-state index contributed by atoms with van der Waals surface area (Å²) in [6.45, 7) is 0. The Morgan fingerprint density at radius 3 is 2.79 bits per heavy atom. The van der Waals surface area contributed by atoms with Crippen LogP contribution in [0, 0.1) is 22.7 Å². The normalized spacial score (nSPS) is 9.93. The molecule has 0 unspecified atom stereocenters. The van der Waals surface area contributed by atoms with Gasteiger partial charge in [-0.3, -0.25) is 4.98 Å². The monoisotopic (exact) mass is 183 g/mol. The molecule has 0 amide bonds. The molecule has 0 atom stereocenters. The lowest BCUT2D eigenvalue weighted by Gasteiger charge is -2.00. The van der Waals surface area contributed by atoms with Gasteiger partial charge in [-0.2, -0.15) is 15.6 Å². The zero-order chi connectivity index (χ0) is 9.97. The quantitative estimate of drug-likeness (QED) is 0.656. The lowest BCUT2D eigenvalue weighted by atomic mass is 10.1. The third kappa shape index (κ3) is 1.08. The Kier molecular flexibility index (Phi) is 1.85. The van der Waals surface area contributed by atoms with Gasteiger partial charge in [-0.15, -0.1) is 0 Å². The van der Waals surface area contributed by atoms with Gasteiger partial charge >= 0.3 is 0 Å². The summed E-state index contributed by atoms with van der Waals surface area (Å²) in [7, 11) is 0. The van der Waals surface area contributed by atoms with Gasteiger partial charge in [-0.1, -0.05) is 0 Å². The first-order valence-electron chi connectivity index (χ1n) is 3.94. The Morgan fingerprint density at radius 1 is 1.29 bits per heavy atom. The maximum absolute atomic E-state index is 8.73. The number of nitrogens with zero attached hydrogens (tertiary/aromatic N) is 5. The second-order valence-electron chi connectivity index (χ2n) is 2.66. The molecule has 0 saturated carbocycles. The van der Waals surface area contributed by atoms with Gasteiger partial charge in [0.2, 0.25) is 0 Å². The zero-order valence-electron chi connectivity index (χ0n) is 7.12. The third-order valence-electron chi connectivity index (χ3n) is 1.89. The van der Waals surface area contributed by atoms with E-state index in [-0.39, 0.29) is 0 Å². The number of nitriles is 2. The molecule has 0 bridgehead atoms. The van der Waals surface area contributed by atoms with E-state index in [0.29, 0.717) is 11.2 Å². The topological polar surface area (TPSA) is 77.8 Å². The van der Waals surface area contributed by atoms with Crippen molar-refractivity contribution in [1.82, 2.24) is 14.6 Å². The van der Waals surface area contributed by atoms with Gasteiger partial charge in [0.25, 0.3) is 0 Å². The SMILES string of the molecule is N#CC(C#N)c1nccn2nccc12. The number of hydrogen-bond acceptors (Lipinski definition) is 4. The highest BCUT2D eigenvalue weighted by Gasteiger charge is 2.14. The lowest BCUT2D eigenvalue weighted by Crippen LogP contribution is -2.00. The molecule has 0 spiro atoms. The predicted octanol–water partition coefficient (Wildman–Crippen LogP) is 0.860. The van der Waals surface area contributed by atoms with Crippen molar-refractivity contribution >= 4 is 5.52 Å². The van der Waals surface area contributed by atoms with Crippen LogP contribution < -0.4 is 0 Å². The molecule has 2 aromatic heterocycles. The van der Waals surface area contributed by atoms with Gasteiger partial charge in [-0.05, 0) is 6.07 Å². The fraction of sp³-hybridized carbons (Fsp3) is 0.111. The van der Waals surface area contributed by atoms with E-state index in [1.165, 1.54) is 6.20 Å². The third-order valence-corrected chi connectivity index (χ3v) is 1.89. The van der Waals surface area contributed by atoms with Gasteiger partial charge in [0.15, 0.2) is 5.92 Å². The van der Waals surface area contributed by atoms with E-state index in [0.717, 1.165) is 0 Å². The Bertz CT molecular complexity index is 528. The fourth-order valence-corrected chi connectivity index (χ4v) is 1.25. The molecule has 0 aliphatic rings. The van der Waals surface area contributed by atoms with Crippen molar-refractivity contribution in [2.24, 2.45) is 0 Å². The Morgan fingerprint density at radius 2 is 2.07 bits per heavy atom. The van der Waals surface area contributed by atoms with Crippen molar-refractivity contribution < 1.29 is 0 Å². The fourth-order valence-electron chi connectivity index (χ4n) is 1.25. The standard InChI is InChI=1S/C9H5N5/c10-5-7(6-11)9-8-1-2-13-14(8)4-3-12-9/h1-4,7H. The summed E-state index contributed by atoms with van der Waals surface area (Å²) in [5.41, 5.74) is 1.15. The summed E-state index contributed by atoms with van der Waals surface area (Å²) in [5, 5.41) is 21.5. The van der Waals surface area contributed by atoms with Crippen LogP contribution in [0.3, 0.4) is 0 Å². The summed E-state index contributed by atoms with van der Waals surface area (Å²) < 4.78 is 1.59. The summed E-state index contributed by atoms with van der Waals surface area (Å²) >= 11 is 0. The van der Waals surface area contributed by atoms with E-state index < -0.39 is 5.92 Å². The van der Waals surface area contributed by atoms with Crippen molar-refractivity contribution in [1.29, 1.82) is 10.5 Å². The van der Waals surface area contributed by atoms with Crippen molar-refractivity contribution in [3.63, 3.8) is 0 Å². The number of aromatic nitrogens is 3. The van der Waals surface area contributed by atoms with Crippen LogP contribution in [0.4, 0.5) is 0 Å². The van der Waals surface area contributed by atoms with Crippen molar-refractivity contribution in [2.75, 3.05) is 0 Å². The maximum Gasteiger partial charge on any atom is 0.177 e. The minimum absolute atomic E-state index is 0.454. The van der Waals surface area contributed by atoms with Gasteiger partial charge in [-0.25, -0.2) is 4.52 Å². The number of hydrogen-bond donors (Lipinski definition) is 0. The molecule has 0 saturated heterocycles. The molecule has 2 heterocycles. The average Bonchev–Trinajstić information content (AvgIpc) is 2.68. The summed E-state index contributed by atoms with van der Waals surface area (Å²) in [6, 6.07) is 5.50. The predicted molar refractivity (Wildman–Crippen MR) is 47.0 cm³/mol. The van der Waals surface area contributed by atoms with Crippen molar-refractivity contribution in [3.8, 4) is 12.1 Å². The van der Waals surface area contributed by atoms with E-state index in [1.54, 1.807) is 23.0 Å². The van der Waals surface area contributed by atoms with Gasteiger partial charge in [0.1, 0.15) is 0 Å². The Labute approximate surface area is 79.8 Å². The van der Waals surface area contributed by atoms with Gasteiger partial charge < -0.3 is 0 Å². The number of rotatable bonds is 1. The lowest BCUT2D eigenvalue weighted by molar-refractivity contribution is 0.909. The number of fused-ring (bicyclic) bond motifs is 1. The maximum atomic E-state index is 8.73. The molecule has 2 aromatic rings. The second-order valence-corrected chi connectivity index (χ2v) is 2.66. The largest absolute Gasteiger partial charge is 0.255 e. The van der Waals surface area contributed by atoms with E-state index in [2.05, 4.69) is 10.1 Å². The molecule has 14 heavy (non-hydrogen) atoms. The first-order chi connectivity index (χ1) is 6.86. The average molecular weight is 183 g/mol. The van der Waals surface area contributed by atoms with Crippen LogP contribution in [0.1, 0.15) is 11.6 Å². The van der Waals surface area contributed by atoms with Crippen LogP contribution >= 0.6 is 0 Å². The van der Waals surface area contributed by atoms with E-state index in [9.17, 15) is 0 Å². The van der Waals surface area contributed by atoms with E-state index >= 15 is 0 Å². The molecule has 0 N–H and O–H groups in total. The van der Waals surface area contributed by atoms with Gasteiger partial charge in [0.05, 0.1) is 29.5 Å². The van der Waals surface area contributed by atoms with Gasteiger partial charge in [0, 0.05) is 12.4 Å². The Hall–Kier alpha value is -2.40. The molecule has 0 aliphatic carbocycles. The van der Waals surface area contributed by atoms with Crippen LogP contribution in [-0.2, 0) is 0 Å². The van der Waals surface area contributed by atoms with Crippen LogP contribution in [0.15, 0.2) is 24.7 Å². The molecule has 0 fully saturated rings. The summed E-state index contributed by atoms with van der Waals surface area (Å²) in [6.07, 6.45) is 4.80. The molecule has 2 rings (SSSR count). The molecule has 0 aliphatic heterocycles. The highest BCUT2D eigenvalue weighted by atomic mass is 15.2. The first-order valence-corrected chi connectivity index (χ1v) is 3.94. The molecule has 5 nitrogen and oxygen atoms in total. The van der Waals surface area contributed by atoms with E-state index in [1.807, 2.05) is 12.1 Å². The summed E-state index contributed by atoms with van der Waals surface area (Å²) in [4.78, 5) is 4.02. The highest BCUT2D eigenvalue weighted by molar-refractivity contribution is 5.54. The molecule has 5 heteroatoms. The van der Waals surface area contributed by atoms with Crippen LogP contribution in [-0.4, -0.2) is 14.6 Å². The molecular formula is C9H5N5.